The Morgan fingerprint density at radius 3 is 1.34 bits per heavy atom. The van der Waals surface area contributed by atoms with Crippen molar-refractivity contribution in [3.63, 3.8) is 0 Å². The number of nitrogens with one attached hydrogen (secondary N) is 2. The lowest BCUT2D eigenvalue weighted by atomic mass is 10.1. The first-order valence-corrected chi connectivity index (χ1v) is 12.9. The van der Waals surface area contributed by atoms with Gasteiger partial charge in [0.15, 0.2) is 21.0 Å². The third-order valence-electron chi connectivity index (χ3n) is 5.39. The van der Waals surface area contributed by atoms with Crippen LogP contribution in [0.4, 0.5) is 37.7 Å². The molecule has 2 atom stereocenters. The van der Waals surface area contributed by atoms with Crippen LogP contribution in [0.1, 0.15) is 36.1 Å². The SMILES string of the molecule is C[C@](O)(CS(=O)(=O)C[C@](C)(O)C(=O)Nc1ccc(C#N)c(C(F)(F)F)c1)C(=O)Nc1ccc(C#N)c(C(F)(F)F)c1. The molecule has 4 N–H and O–H groups in total. The van der Waals surface area contributed by atoms with Gasteiger partial charge in [-0.1, -0.05) is 0 Å². The topological polar surface area (TPSA) is 180 Å². The Hall–Kier alpha value is -4.19. The number of rotatable bonds is 8. The summed E-state index contributed by atoms with van der Waals surface area (Å²) in [4.78, 5) is 25.0. The first-order chi connectivity index (χ1) is 18.5. The van der Waals surface area contributed by atoms with E-state index in [0.717, 1.165) is 24.3 Å². The van der Waals surface area contributed by atoms with E-state index in [1.807, 2.05) is 10.6 Å². The molecule has 0 aromatic heterocycles. The molecule has 0 fully saturated rings. The lowest BCUT2D eigenvalue weighted by molar-refractivity contribution is -0.138. The average Bonchev–Trinajstić information content (AvgIpc) is 2.81. The first-order valence-electron chi connectivity index (χ1n) is 11.0. The minimum atomic E-state index is -4.98. The van der Waals surface area contributed by atoms with Crippen LogP contribution in [0.3, 0.4) is 0 Å². The highest BCUT2D eigenvalue weighted by Gasteiger charge is 2.42. The Morgan fingerprint density at radius 1 is 0.756 bits per heavy atom. The van der Waals surface area contributed by atoms with Crippen molar-refractivity contribution in [1.82, 2.24) is 0 Å². The number of sulfone groups is 1. The van der Waals surface area contributed by atoms with Crippen molar-refractivity contribution in [1.29, 1.82) is 10.5 Å². The first kappa shape index (κ1) is 33.0. The van der Waals surface area contributed by atoms with Gasteiger partial charge in [0.25, 0.3) is 11.8 Å². The maximum absolute atomic E-state index is 13.2. The lowest BCUT2D eigenvalue weighted by Gasteiger charge is -2.26. The molecule has 0 aliphatic heterocycles. The molecule has 41 heavy (non-hydrogen) atoms. The number of nitrogens with zero attached hydrogens (tertiary/aromatic N) is 2. The van der Waals surface area contributed by atoms with Crippen LogP contribution in [0.2, 0.25) is 0 Å². The van der Waals surface area contributed by atoms with Gasteiger partial charge in [0.1, 0.15) is 0 Å². The van der Waals surface area contributed by atoms with Gasteiger partial charge in [-0.25, -0.2) is 8.42 Å². The zero-order chi connectivity index (χ0) is 31.6. The fourth-order valence-corrected chi connectivity index (χ4v) is 5.56. The highest BCUT2D eigenvalue weighted by Crippen LogP contribution is 2.35. The summed E-state index contributed by atoms with van der Waals surface area (Å²) in [6.07, 6.45) is -9.95. The largest absolute Gasteiger partial charge is 0.417 e. The molecule has 10 nitrogen and oxygen atoms in total. The van der Waals surface area contributed by atoms with Gasteiger partial charge < -0.3 is 20.8 Å². The van der Waals surface area contributed by atoms with Crippen LogP contribution in [0.5, 0.6) is 0 Å². The molecule has 2 rings (SSSR count). The quantitative estimate of drug-likeness (QED) is 0.331. The van der Waals surface area contributed by atoms with Gasteiger partial charge in [0.05, 0.1) is 45.9 Å². The number of alkyl halides is 6. The number of nitriles is 2. The van der Waals surface area contributed by atoms with Gasteiger partial charge in [-0.3, -0.25) is 9.59 Å². The number of aliphatic hydroxyl groups is 2. The maximum Gasteiger partial charge on any atom is 0.417 e. The van der Waals surface area contributed by atoms with Gasteiger partial charge in [0.2, 0.25) is 0 Å². The van der Waals surface area contributed by atoms with Crippen LogP contribution in [0, 0.1) is 22.7 Å². The minimum Gasteiger partial charge on any atom is -0.379 e. The molecule has 2 aromatic carbocycles. The Kier molecular flexibility index (Phi) is 9.15. The van der Waals surface area contributed by atoms with E-state index in [1.54, 1.807) is 0 Å². The summed E-state index contributed by atoms with van der Waals surface area (Å²) in [7, 11) is -4.72. The smallest absolute Gasteiger partial charge is 0.379 e. The van der Waals surface area contributed by atoms with Gasteiger partial charge in [0, 0.05) is 11.4 Å². The fourth-order valence-electron chi connectivity index (χ4n) is 3.48. The highest BCUT2D eigenvalue weighted by atomic mass is 32.2. The van der Waals surface area contributed by atoms with Crippen molar-refractivity contribution in [2.45, 2.75) is 37.4 Å². The van der Waals surface area contributed by atoms with E-state index < -0.39 is 90.3 Å². The molecule has 17 heteroatoms. The van der Waals surface area contributed by atoms with E-state index in [0.29, 0.717) is 26.0 Å². The molecule has 0 saturated carbocycles. The molecule has 2 amide bonds. The van der Waals surface area contributed by atoms with Crippen molar-refractivity contribution < 1.29 is 54.6 Å². The van der Waals surface area contributed by atoms with Gasteiger partial charge in [-0.2, -0.15) is 36.9 Å². The molecule has 0 saturated heterocycles. The molecule has 0 heterocycles. The summed E-state index contributed by atoms with van der Waals surface area (Å²) in [6.45, 7) is 1.39. The van der Waals surface area contributed by atoms with Crippen molar-refractivity contribution in [3.8, 4) is 12.1 Å². The van der Waals surface area contributed by atoms with E-state index in [-0.39, 0.29) is 0 Å². The molecule has 220 valence electrons. The predicted molar refractivity (Wildman–Crippen MR) is 129 cm³/mol. The summed E-state index contributed by atoms with van der Waals surface area (Å²) in [5.74, 6) is -5.85. The molecule has 2 aromatic rings. The number of carbonyl (C=O) groups is 2. The van der Waals surface area contributed by atoms with Crippen LogP contribution < -0.4 is 10.6 Å². The summed E-state index contributed by atoms with van der Waals surface area (Å²) in [5, 5.41) is 42.4. The normalized spacial score (nSPS) is 15.0. The minimum absolute atomic E-state index is 0.392. The van der Waals surface area contributed by atoms with Gasteiger partial charge in [-0.15, -0.1) is 0 Å². The van der Waals surface area contributed by atoms with Crippen molar-refractivity contribution in [2.24, 2.45) is 0 Å². The van der Waals surface area contributed by atoms with Crippen LogP contribution >= 0.6 is 0 Å². The number of benzene rings is 2. The lowest BCUT2D eigenvalue weighted by Crippen LogP contribution is -2.51. The van der Waals surface area contributed by atoms with Crippen LogP contribution in [0.15, 0.2) is 36.4 Å². The summed E-state index contributed by atoms with van der Waals surface area (Å²) in [5.41, 5.74) is -11.0. The van der Waals surface area contributed by atoms with Crippen LogP contribution in [-0.2, 0) is 31.8 Å². The molecular weight excluding hydrogens is 586 g/mol. The Morgan fingerprint density at radius 2 is 1.07 bits per heavy atom. The van der Waals surface area contributed by atoms with Gasteiger partial charge >= 0.3 is 12.4 Å². The fraction of sp³-hybridized carbons (Fsp3) is 0.333. The molecule has 0 spiro atoms. The van der Waals surface area contributed by atoms with Crippen LogP contribution in [-0.4, -0.2) is 53.2 Å². The monoisotopic (exact) mass is 606 g/mol. The number of halogens is 6. The van der Waals surface area contributed by atoms with Crippen molar-refractivity contribution in [2.75, 3.05) is 22.1 Å². The standard InChI is InChI=1S/C24H20F6N4O6S/c1-21(37,19(35)33-15-5-3-13(9-31)17(7-15)23(25,26)27)11-41(39,40)12-22(2,38)20(36)34-16-6-4-14(10-32)18(8-16)24(28,29)30/h3-8,37-38H,11-12H2,1-2H3,(H,33,35)(H,34,36)/t21-,22-/m0/s1. The summed E-state index contributed by atoms with van der Waals surface area (Å²) in [6, 6.07) is 6.72. The number of carbonyl (C=O) groups excluding carboxylic acids is 2. The van der Waals surface area contributed by atoms with Gasteiger partial charge in [-0.05, 0) is 50.2 Å². The molecule has 0 bridgehead atoms. The van der Waals surface area contributed by atoms with E-state index >= 15 is 0 Å². The number of anilines is 2. The Labute approximate surface area is 228 Å². The van der Waals surface area contributed by atoms with E-state index in [9.17, 15) is 54.6 Å². The molecule has 0 aliphatic carbocycles. The Bertz CT molecular complexity index is 1440. The van der Waals surface area contributed by atoms with E-state index in [1.165, 1.54) is 12.1 Å². The maximum atomic E-state index is 13.2. The number of hydrogen-bond donors (Lipinski definition) is 4. The third kappa shape index (κ3) is 8.40. The third-order valence-corrected chi connectivity index (χ3v) is 7.39. The van der Waals surface area contributed by atoms with Crippen molar-refractivity contribution in [3.05, 3.63) is 58.7 Å². The summed E-state index contributed by atoms with van der Waals surface area (Å²) >= 11 is 0. The molecule has 0 aliphatic rings. The summed E-state index contributed by atoms with van der Waals surface area (Å²) < 4.78 is 104. The van der Waals surface area contributed by atoms with E-state index in [2.05, 4.69) is 0 Å². The average molecular weight is 607 g/mol. The highest BCUT2D eigenvalue weighted by molar-refractivity contribution is 7.91. The number of amides is 2. The van der Waals surface area contributed by atoms with E-state index in [4.69, 9.17) is 10.5 Å². The predicted octanol–water partition coefficient (Wildman–Crippen LogP) is 2.96. The molecule has 0 unspecified atom stereocenters. The number of hydrogen-bond acceptors (Lipinski definition) is 8. The zero-order valence-electron chi connectivity index (χ0n) is 21.0. The molecule has 0 radical (unpaired) electrons. The molecular formula is C24H20F6N4O6S. The second-order valence-electron chi connectivity index (χ2n) is 9.23. The van der Waals surface area contributed by atoms with Crippen LogP contribution in [0.25, 0.3) is 0 Å². The van der Waals surface area contributed by atoms with Crippen molar-refractivity contribution >= 4 is 33.0 Å². The zero-order valence-corrected chi connectivity index (χ0v) is 21.8. The second-order valence-corrected chi connectivity index (χ2v) is 11.3. The Balaban J connectivity index is 2.19. The second kappa shape index (κ2) is 11.4.